The van der Waals surface area contributed by atoms with Crippen molar-refractivity contribution in [2.24, 2.45) is 5.10 Å². The Morgan fingerprint density at radius 2 is 1.62 bits per heavy atom. The topological polar surface area (TPSA) is 114 Å². The highest BCUT2D eigenvalue weighted by atomic mass is 16.3. The Balaban J connectivity index is 1.97. The minimum atomic E-state index is -0.431. The van der Waals surface area contributed by atoms with Crippen LogP contribution in [-0.4, -0.2) is 37.1 Å². The van der Waals surface area contributed by atoms with Crippen molar-refractivity contribution < 1.29 is 25.2 Å². The molecule has 0 aliphatic carbocycles. The molecule has 3 rings (SSSR count). The van der Waals surface area contributed by atoms with Crippen LogP contribution in [0.1, 0.15) is 30.5 Å². The molecular weight excluding hydrogens is 312 g/mol. The second-order valence-electron chi connectivity index (χ2n) is 5.58. The van der Waals surface area contributed by atoms with Crippen LogP contribution >= 0.6 is 0 Å². The number of hydrogen-bond acceptors (Lipinski definition) is 6. The van der Waals surface area contributed by atoms with Gasteiger partial charge in [-0.1, -0.05) is 6.07 Å². The number of aromatic hydroxyl groups is 4. The quantitative estimate of drug-likeness (QED) is 0.631. The molecule has 7 heteroatoms. The molecule has 2 aromatic carbocycles. The molecule has 0 bridgehead atoms. The van der Waals surface area contributed by atoms with Crippen molar-refractivity contribution in [2.75, 3.05) is 0 Å². The summed E-state index contributed by atoms with van der Waals surface area (Å²) < 4.78 is 0. The van der Waals surface area contributed by atoms with E-state index < -0.39 is 6.04 Å². The summed E-state index contributed by atoms with van der Waals surface area (Å²) >= 11 is 0. The predicted octanol–water partition coefficient (Wildman–Crippen LogP) is 2.21. The summed E-state index contributed by atoms with van der Waals surface area (Å²) in [4.78, 5) is 11.9. The first-order valence-electron chi connectivity index (χ1n) is 7.28. The molecule has 0 saturated carbocycles. The van der Waals surface area contributed by atoms with Gasteiger partial charge in [-0.25, -0.2) is 5.01 Å². The summed E-state index contributed by atoms with van der Waals surface area (Å²) in [5.74, 6) is -1.29. The highest BCUT2D eigenvalue weighted by Crippen LogP contribution is 2.37. The van der Waals surface area contributed by atoms with Gasteiger partial charge in [0.05, 0.1) is 11.8 Å². The molecule has 24 heavy (non-hydrogen) atoms. The molecule has 1 atom stereocenters. The molecule has 0 saturated heterocycles. The van der Waals surface area contributed by atoms with Gasteiger partial charge in [0, 0.05) is 18.9 Å². The molecule has 1 heterocycles. The molecule has 0 radical (unpaired) electrons. The number of rotatable bonds is 2. The molecule has 0 spiro atoms. The Labute approximate surface area is 137 Å². The van der Waals surface area contributed by atoms with Gasteiger partial charge < -0.3 is 20.4 Å². The van der Waals surface area contributed by atoms with Crippen LogP contribution < -0.4 is 0 Å². The molecule has 1 amide bonds. The van der Waals surface area contributed by atoms with Crippen LogP contribution in [0.25, 0.3) is 0 Å². The Morgan fingerprint density at radius 3 is 2.21 bits per heavy atom. The number of phenols is 4. The summed E-state index contributed by atoms with van der Waals surface area (Å²) in [6.07, 6.45) is 0.369. The van der Waals surface area contributed by atoms with Crippen LogP contribution in [0.5, 0.6) is 23.0 Å². The van der Waals surface area contributed by atoms with E-state index in [1.165, 1.54) is 36.2 Å². The zero-order valence-corrected chi connectivity index (χ0v) is 12.8. The van der Waals surface area contributed by atoms with Gasteiger partial charge in [0.2, 0.25) is 5.91 Å². The first kappa shape index (κ1) is 15.7. The third kappa shape index (κ3) is 2.71. The SMILES string of the molecule is CC(=O)N1N=C(c2ccc(O)c(O)c2)CC1c1ccc(O)c(O)c1. The second kappa shape index (κ2) is 5.77. The van der Waals surface area contributed by atoms with Crippen LogP contribution in [0.2, 0.25) is 0 Å². The third-order valence-electron chi connectivity index (χ3n) is 3.93. The van der Waals surface area contributed by atoms with E-state index in [-0.39, 0.29) is 28.9 Å². The van der Waals surface area contributed by atoms with Crippen LogP contribution in [0.3, 0.4) is 0 Å². The van der Waals surface area contributed by atoms with Crippen molar-refractivity contribution in [1.29, 1.82) is 0 Å². The van der Waals surface area contributed by atoms with Crippen molar-refractivity contribution >= 4 is 11.6 Å². The van der Waals surface area contributed by atoms with Gasteiger partial charge in [-0.05, 0) is 35.9 Å². The number of hydrogen-bond donors (Lipinski definition) is 4. The number of carbonyl (C=O) groups excluding carboxylic acids is 1. The lowest BCUT2D eigenvalue weighted by molar-refractivity contribution is -0.130. The first-order valence-corrected chi connectivity index (χ1v) is 7.28. The second-order valence-corrected chi connectivity index (χ2v) is 5.58. The van der Waals surface area contributed by atoms with E-state index in [1.54, 1.807) is 12.1 Å². The average molecular weight is 328 g/mol. The Bertz CT molecular complexity index is 847. The lowest BCUT2D eigenvalue weighted by Gasteiger charge is -2.20. The normalized spacial score (nSPS) is 17.0. The average Bonchev–Trinajstić information content (AvgIpc) is 2.98. The van der Waals surface area contributed by atoms with Crippen molar-refractivity contribution in [1.82, 2.24) is 5.01 Å². The van der Waals surface area contributed by atoms with E-state index in [0.717, 1.165) is 0 Å². The number of hydrazone groups is 1. The highest BCUT2D eigenvalue weighted by molar-refractivity contribution is 6.03. The minimum Gasteiger partial charge on any atom is -0.504 e. The smallest absolute Gasteiger partial charge is 0.240 e. The lowest BCUT2D eigenvalue weighted by Crippen LogP contribution is -2.24. The maximum atomic E-state index is 11.9. The van der Waals surface area contributed by atoms with Crippen molar-refractivity contribution in [2.45, 2.75) is 19.4 Å². The largest absolute Gasteiger partial charge is 0.504 e. The molecule has 0 fully saturated rings. The van der Waals surface area contributed by atoms with E-state index in [0.29, 0.717) is 23.3 Å². The van der Waals surface area contributed by atoms with Gasteiger partial charge in [0.25, 0.3) is 0 Å². The lowest BCUT2D eigenvalue weighted by atomic mass is 9.98. The van der Waals surface area contributed by atoms with Crippen LogP contribution in [0, 0.1) is 0 Å². The molecule has 4 N–H and O–H groups in total. The van der Waals surface area contributed by atoms with E-state index in [4.69, 9.17) is 0 Å². The monoisotopic (exact) mass is 328 g/mol. The standard InChI is InChI=1S/C17H16N2O5/c1-9(20)19-13(11-3-5-15(22)17(24)7-11)8-12(18-19)10-2-4-14(21)16(23)6-10/h2-7,13,21-24H,8H2,1H3. The van der Waals surface area contributed by atoms with E-state index in [9.17, 15) is 25.2 Å². The van der Waals surface area contributed by atoms with E-state index in [1.807, 2.05) is 0 Å². The van der Waals surface area contributed by atoms with Gasteiger partial charge in [-0.15, -0.1) is 0 Å². The van der Waals surface area contributed by atoms with Crippen molar-refractivity contribution in [3.8, 4) is 23.0 Å². The molecular formula is C17H16N2O5. The van der Waals surface area contributed by atoms with Gasteiger partial charge in [0.1, 0.15) is 0 Å². The van der Waals surface area contributed by atoms with Crippen molar-refractivity contribution in [3.05, 3.63) is 47.5 Å². The number of phenolic OH excluding ortho intramolecular Hbond substituents is 4. The van der Waals surface area contributed by atoms with Gasteiger partial charge in [0.15, 0.2) is 23.0 Å². The fourth-order valence-electron chi connectivity index (χ4n) is 2.69. The Hall–Kier alpha value is -3.22. The van der Waals surface area contributed by atoms with Gasteiger partial charge in [-0.2, -0.15) is 5.10 Å². The maximum absolute atomic E-state index is 11.9. The highest BCUT2D eigenvalue weighted by Gasteiger charge is 2.32. The van der Waals surface area contributed by atoms with Gasteiger partial charge >= 0.3 is 0 Å². The minimum absolute atomic E-state index is 0.235. The molecule has 124 valence electrons. The fourth-order valence-corrected chi connectivity index (χ4v) is 2.69. The Morgan fingerprint density at radius 1 is 1.00 bits per heavy atom. The first-order chi connectivity index (χ1) is 11.4. The van der Waals surface area contributed by atoms with Crippen LogP contribution in [0.15, 0.2) is 41.5 Å². The van der Waals surface area contributed by atoms with Crippen LogP contribution in [-0.2, 0) is 4.79 Å². The third-order valence-corrected chi connectivity index (χ3v) is 3.93. The van der Waals surface area contributed by atoms with Crippen molar-refractivity contribution in [3.63, 3.8) is 0 Å². The summed E-state index contributed by atoms with van der Waals surface area (Å²) in [5.41, 5.74) is 1.78. The molecule has 1 aliphatic rings. The predicted molar refractivity (Wildman–Crippen MR) is 86.0 cm³/mol. The fraction of sp³-hybridized carbons (Fsp3) is 0.176. The van der Waals surface area contributed by atoms with E-state index >= 15 is 0 Å². The summed E-state index contributed by atoms with van der Waals surface area (Å²) in [6, 6.07) is 8.26. The molecule has 7 nitrogen and oxygen atoms in total. The molecule has 0 aromatic heterocycles. The van der Waals surface area contributed by atoms with E-state index in [2.05, 4.69) is 5.10 Å². The summed E-state index contributed by atoms with van der Waals surface area (Å²) in [6.45, 7) is 1.38. The number of benzene rings is 2. The zero-order chi connectivity index (χ0) is 17.4. The molecule has 1 unspecified atom stereocenters. The van der Waals surface area contributed by atoms with Gasteiger partial charge in [-0.3, -0.25) is 4.79 Å². The number of nitrogens with zero attached hydrogens (tertiary/aromatic N) is 2. The summed E-state index contributed by atoms with van der Waals surface area (Å²) in [5, 5.41) is 43.8. The molecule has 1 aliphatic heterocycles. The Kier molecular flexibility index (Phi) is 3.76. The summed E-state index contributed by atoms with van der Waals surface area (Å²) in [7, 11) is 0. The maximum Gasteiger partial charge on any atom is 0.240 e. The molecule has 2 aromatic rings. The number of amides is 1. The van der Waals surface area contributed by atoms with Crippen LogP contribution in [0.4, 0.5) is 0 Å². The zero-order valence-electron chi connectivity index (χ0n) is 12.8. The number of carbonyl (C=O) groups is 1.